The fourth-order valence-corrected chi connectivity index (χ4v) is 2.81. The molecule has 2 heterocycles. The van der Waals surface area contributed by atoms with Gasteiger partial charge in [-0.15, -0.1) is 0 Å². The lowest BCUT2D eigenvalue weighted by atomic mass is 10.2. The van der Waals surface area contributed by atoms with Gasteiger partial charge in [0, 0.05) is 6.42 Å². The summed E-state index contributed by atoms with van der Waals surface area (Å²) in [4.78, 5) is 18.5. The van der Waals surface area contributed by atoms with Crippen molar-refractivity contribution in [3.05, 3.63) is 29.1 Å². The second kappa shape index (κ2) is 9.32. The molecule has 0 spiro atoms. The van der Waals surface area contributed by atoms with Crippen LogP contribution in [-0.2, 0) is 4.74 Å². The van der Waals surface area contributed by atoms with Gasteiger partial charge in [-0.05, 0) is 63.4 Å². The quantitative estimate of drug-likeness (QED) is 0.486. The highest BCUT2D eigenvalue weighted by atomic mass is 16.5. The van der Waals surface area contributed by atoms with E-state index >= 15 is 0 Å². The van der Waals surface area contributed by atoms with Gasteiger partial charge in [0.2, 0.25) is 0 Å². The number of carbonyl (C=O) groups is 1. The van der Waals surface area contributed by atoms with E-state index in [0.29, 0.717) is 11.4 Å². The summed E-state index contributed by atoms with van der Waals surface area (Å²) in [5, 5.41) is 0. The number of hydrogen-bond acceptors (Lipinski definition) is 4. The summed E-state index contributed by atoms with van der Waals surface area (Å²) in [5.74, 6) is 5.81. The summed E-state index contributed by atoms with van der Waals surface area (Å²) in [6.07, 6.45) is 7.35. The molecule has 0 unspecified atom stereocenters. The van der Waals surface area contributed by atoms with Gasteiger partial charge in [-0.25, -0.2) is 9.78 Å². The van der Waals surface area contributed by atoms with E-state index in [1.807, 2.05) is 19.1 Å². The Morgan fingerprint density at radius 1 is 1.26 bits per heavy atom. The minimum Gasteiger partial charge on any atom is -0.464 e. The lowest BCUT2D eigenvalue weighted by molar-refractivity contribution is 0.0593. The fraction of sp³-hybridized carbons (Fsp3) is 0.579. The smallest absolute Gasteiger partial charge is 0.356 e. The molecule has 4 nitrogen and oxygen atoms in total. The van der Waals surface area contributed by atoms with E-state index in [4.69, 9.17) is 4.74 Å². The maximum absolute atomic E-state index is 11.6. The Labute approximate surface area is 139 Å². The number of hydrogen-bond donors (Lipinski definition) is 0. The van der Waals surface area contributed by atoms with Gasteiger partial charge in [0.05, 0.1) is 7.11 Å². The van der Waals surface area contributed by atoms with Crippen LogP contribution in [0.2, 0.25) is 0 Å². The summed E-state index contributed by atoms with van der Waals surface area (Å²) < 4.78 is 4.74. The molecule has 23 heavy (non-hydrogen) atoms. The molecule has 2 rings (SSSR count). The van der Waals surface area contributed by atoms with Crippen molar-refractivity contribution in [2.75, 3.05) is 26.7 Å². The number of unbranched alkanes of at least 4 members (excludes halogenated alkanes) is 1. The van der Waals surface area contributed by atoms with E-state index < -0.39 is 5.97 Å². The first-order chi connectivity index (χ1) is 11.2. The largest absolute Gasteiger partial charge is 0.464 e. The summed E-state index contributed by atoms with van der Waals surface area (Å²) in [6.45, 7) is 5.44. The van der Waals surface area contributed by atoms with Crippen molar-refractivity contribution in [1.29, 1.82) is 0 Å². The first-order valence-electron chi connectivity index (χ1n) is 8.48. The third-order valence-electron chi connectivity index (χ3n) is 4.17. The van der Waals surface area contributed by atoms with E-state index in [-0.39, 0.29) is 0 Å². The minimum atomic E-state index is -0.410. The molecule has 1 aliphatic rings. The number of aromatic nitrogens is 1. The zero-order valence-corrected chi connectivity index (χ0v) is 14.2. The van der Waals surface area contributed by atoms with E-state index in [1.54, 1.807) is 0 Å². The van der Waals surface area contributed by atoms with Crippen LogP contribution in [-0.4, -0.2) is 42.6 Å². The second-order valence-electron chi connectivity index (χ2n) is 6.01. The van der Waals surface area contributed by atoms with Gasteiger partial charge in [0.15, 0.2) is 5.69 Å². The molecular weight excluding hydrogens is 288 g/mol. The Morgan fingerprint density at radius 3 is 2.70 bits per heavy atom. The monoisotopic (exact) mass is 314 g/mol. The van der Waals surface area contributed by atoms with Crippen molar-refractivity contribution in [3.63, 3.8) is 0 Å². The average molecular weight is 314 g/mol. The lowest BCUT2D eigenvalue weighted by Gasteiger charge is -2.18. The van der Waals surface area contributed by atoms with Gasteiger partial charge < -0.3 is 9.64 Å². The van der Waals surface area contributed by atoms with Crippen molar-refractivity contribution in [2.24, 2.45) is 0 Å². The molecule has 1 aromatic rings. The van der Waals surface area contributed by atoms with Gasteiger partial charge in [0.25, 0.3) is 0 Å². The number of ether oxygens (including phenoxy) is 1. The van der Waals surface area contributed by atoms with Gasteiger partial charge in [0.1, 0.15) is 5.69 Å². The Bertz CT molecular complexity index is 579. The standard InChI is InChI=1S/C19H26N2O2/c1-16-11-12-17(20-18(16)19(22)23-2)10-6-5-9-15-21-13-7-3-4-8-14-21/h11-12H,3-5,7-9,13-15H2,1-2H3. The molecule has 1 aliphatic heterocycles. The summed E-state index contributed by atoms with van der Waals surface area (Å²) in [6, 6.07) is 3.71. The highest BCUT2D eigenvalue weighted by Gasteiger charge is 2.11. The van der Waals surface area contributed by atoms with Crippen LogP contribution < -0.4 is 0 Å². The summed E-state index contributed by atoms with van der Waals surface area (Å²) in [7, 11) is 1.37. The van der Waals surface area contributed by atoms with Crippen LogP contribution in [0.3, 0.4) is 0 Å². The zero-order chi connectivity index (χ0) is 16.5. The molecule has 4 heteroatoms. The first kappa shape index (κ1) is 17.5. The van der Waals surface area contributed by atoms with E-state index in [9.17, 15) is 4.79 Å². The number of methoxy groups -OCH3 is 1. The number of esters is 1. The van der Waals surface area contributed by atoms with Crippen LogP contribution in [0.4, 0.5) is 0 Å². The van der Waals surface area contributed by atoms with Crippen molar-refractivity contribution < 1.29 is 9.53 Å². The first-order valence-corrected chi connectivity index (χ1v) is 8.48. The van der Waals surface area contributed by atoms with Crippen LogP contribution in [0.15, 0.2) is 12.1 Å². The Morgan fingerprint density at radius 2 is 2.00 bits per heavy atom. The number of rotatable bonds is 4. The Hall–Kier alpha value is -1.86. The van der Waals surface area contributed by atoms with E-state index in [0.717, 1.165) is 24.9 Å². The second-order valence-corrected chi connectivity index (χ2v) is 6.01. The third kappa shape index (κ3) is 5.69. The Balaban J connectivity index is 1.83. The molecule has 0 saturated carbocycles. The van der Waals surface area contributed by atoms with Crippen LogP contribution in [0, 0.1) is 18.8 Å². The number of pyridine rings is 1. The van der Waals surface area contributed by atoms with Crippen molar-refractivity contribution in [1.82, 2.24) is 9.88 Å². The molecule has 0 radical (unpaired) electrons. The number of aryl methyl sites for hydroxylation is 1. The van der Waals surface area contributed by atoms with Crippen molar-refractivity contribution in [3.8, 4) is 11.8 Å². The topological polar surface area (TPSA) is 42.4 Å². The van der Waals surface area contributed by atoms with Gasteiger partial charge in [-0.3, -0.25) is 0 Å². The SMILES string of the molecule is COC(=O)c1nc(C#CCCCN2CCCCCC2)ccc1C. The minimum absolute atomic E-state index is 0.351. The van der Waals surface area contributed by atoms with Crippen LogP contribution >= 0.6 is 0 Å². The maximum atomic E-state index is 11.6. The molecule has 124 valence electrons. The predicted molar refractivity (Wildman–Crippen MR) is 91.3 cm³/mol. The fourth-order valence-electron chi connectivity index (χ4n) is 2.81. The summed E-state index contributed by atoms with van der Waals surface area (Å²) >= 11 is 0. The predicted octanol–water partition coefficient (Wildman–Crippen LogP) is 3.18. The lowest BCUT2D eigenvalue weighted by Crippen LogP contribution is -2.25. The van der Waals surface area contributed by atoms with Crippen LogP contribution in [0.1, 0.15) is 60.3 Å². The number of carbonyl (C=O) groups excluding carboxylic acids is 1. The summed E-state index contributed by atoms with van der Waals surface area (Å²) in [5.41, 5.74) is 1.79. The molecule has 1 fully saturated rings. The van der Waals surface area contributed by atoms with Gasteiger partial charge in [-0.1, -0.05) is 24.8 Å². The van der Waals surface area contributed by atoms with Crippen molar-refractivity contribution in [2.45, 2.75) is 45.4 Å². The Kier molecular flexibility index (Phi) is 7.09. The molecule has 0 aliphatic carbocycles. The molecule has 0 N–H and O–H groups in total. The molecule has 0 aromatic carbocycles. The molecule has 0 amide bonds. The normalized spacial score (nSPS) is 15.4. The maximum Gasteiger partial charge on any atom is 0.356 e. The number of likely N-dealkylation sites (tertiary alicyclic amines) is 1. The third-order valence-corrected chi connectivity index (χ3v) is 4.17. The zero-order valence-electron chi connectivity index (χ0n) is 14.2. The highest BCUT2D eigenvalue weighted by Crippen LogP contribution is 2.10. The van der Waals surface area contributed by atoms with Gasteiger partial charge >= 0.3 is 5.97 Å². The number of nitrogens with zero attached hydrogens (tertiary/aromatic N) is 2. The molecule has 1 saturated heterocycles. The highest BCUT2D eigenvalue weighted by molar-refractivity contribution is 5.88. The van der Waals surface area contributed by atoms with Gasteiger partial charge in [-0.2, -0.15) is 0 Å². The molecule has 1 aromatic heterocycles. The average Bonchev–Trinajstić information content (AvgIpc) is 2.84. The van der Waals surface area contributed by atoms with Crippen LogP contribution in [0.25, 0.3) is 0 Å². The van der Waals surface area contributed by atoms with E-state index in [1.165, 1.54) is 45.9 Å². The van der Waals surface area contributed by atoms with Crippen LogP contribution in [0.5, 0.6) is 0 Å². The molecule has 0 bridgehead atoms. The molecule has 0 atom stereocenters. The van der Waals surface area contributed by atoms with Crippen molar-refractivity contribution >= 4 is 5.97 Å². The van der Waals surface area contributed by atoms with E-state index in [2.05, 4.69) is 21.7 Å². The molecular formula is C19H26N2O2.